The van der Waals surface area contributed by atoms with Crippen LogP contribution in [0.1, 0.15) is 45.1 Å². The molecule has 180 valence electrons. The molecular weight excluding hydrogens is 442 g/mol. The molecule has 0 aliphatic carbocycles. The van der Waals surface area contributed by atoms with E-state index in [1.807, 2.05) is 12.1 Å². The van der Waals surface area contributed by atoms with Crippen LogP contribution in [-0.2, 0) is 14.8 Å². The Balaban J connectivity index is 1.72. The van der Waals surface area contributed by atoms with Crippen LogP contribution < -0.4 is 15.5 Å². The van der Waals surface area contributed by atoms with E-state index in [2.05, 4.69) is 29.6 Å². The normalized spacial score (nSPS) is 18.9. The van der Waals surface area contributed by atoms with Crippen LogP contribution in [0.4, 0.5) is 0 Å². The Kier molecular flexibility index (Phi) is 7.26. The quantitative estimate of drug-likeness (QED) is 0.530. The smallest absolute Gasteiger partial charge is 0.243 e. The average Bonchev–Trinajstić information content (AvgIpc) is 3.14. The molecule has 3 aliphatic rings. The molecule has 1 aromatic rings. The molecule has 0 aromatic heterocycles. The number of unbranched alkanes of at least 4 members (excludes halogenated alkanes) is 1. The Morgan fingerprint density at radius 1 is 1.18 bits per heavy atom. The Bertz CT molecular complexity index is 1070. The van der Waals surface area contributed by atoms with Gasteiger partial charge in [-0.3, -0.25) is 5.01 Å². The van der Waals surface area contributed by atoms with Gasteiger partial charge in [0.1, 0.15) is 17.3 Å². The van der Waals surface area contributed by atoms with Gasteiger partial charge in [0, 0.05) is 20.1 Å². The molecule has 0 radical (unpaired) electrons. The first-order valence-electron chi connectivity index (χ1n) is 11.6. The van der Waals surface area contributed by atoms with Gasteiger partial charge < -0.3 is 20.2 Å². The van der Waals surface area contributed by atoms with Crippen molar-refractivity contribution >= 4 is 15.9 Å². The molecule has 4 rings (SSSR count). The van der Waals surface area contributed by atoms with E-state index in [0.29, 0.717) is 50.1 Å². The number of allylic oxidation sites excluding steroid dienone is 1. The number of ether oxygens (including phenoxy) is 2. The minimum Gasteiger partial charge on any atom is -0.493 e. The first kappa shape index (κ1) is 23.6. The lowest BCUT2D eigenvalue weighted by atomic mass is 10.1. The number of morpholine rings is 1. The van der Waals surface area contributed by atoms with E-state index in [1.54, 1.807) is 24.4 Å². The number of nitrogens with one attached hydrogen (secondary N) is 2. The molecule has 2 N–H and O–H groups in total. The molecule has 0 spiro atoms. The summed E-state index contributed by atoms with van der Waals surface area (Å²) in [5, 5.41) is 5.37. The third kappa shape index (κ3) is 4.87. The van der Waals surface area contributed by atoms with Crippen LogP contribution in [-0.4, -0.2) is 63.5 Å². The topological polar surface area (TPSA) is 95.5 Å². The van der Waals surface area contributed by atoms with E-state index < -0.39 is 10.0 Å². The summed E-state index contributed by atoms with van der Waals surface area (Å²) in [5.41, 5.74) is 7.00. The van der Waals surface area contributed by atoms with Crippen molar-refractivity contribution in [3.63, 3.8) is 0 Å². The van der Waals surface area contributed by atoms with Gasteiger partial charge in [-0.25, -0.2) is 13.4 Å². The Morgan fingerprint density at radius 2 is 1.97 bits per heavy atom. The van der Waals surface area contributed by atoms with Gasteiger partial charge in [-0.1, -0.05) is 26.7 Å². The molecule has 0 amide bonds. The highest BCUT2D eigenvalue weighted by Crippen LogP contribution is 2.30. The average molecular weight is 476 g/mol. The summed E-state index contributed by atoms with van der Waals surface area (Å²) in [4.78, 5) is 4.86. The summed E-state index contributed by atoms with van der Waals surface area (Å²) in [7, 11) is -1.69. The Labute approximate surface area is 196 Å². The minimum absolute atomic E-state index is 0.228. The molecule has 3 heterocycles. The number of fused-ring (bicyclic) bond motifs is 1. The predicted molar refractivity (Wildman–Crippen MR) is 127 cm³/mol. The first-order chi connectivity index (χ1) is 16.0. The maximum absolute atomic E-state index is 13.3. The van der Waals surface area contributed by atoms with Crippen LogP contribution in [0, 0.1) is 0 Å². The van der Waals surface area contributed by atoms with Crippen molar-refractivity contribution < 1.29 is 17.9 Å². The van der Waals surface area contributed by atoms with Gasteiger partial charge in [-0.15, -0.1) is 0 Å². The summed E-state index contributed by atoms with van der Waals surface area (Å²) in [5.74, 6) is 1.19. The van der Waals surface area contributed by atoms with Crippen LogP contribution >= 0.6 is 0 Å². The van der Waals surface area contributed by atoms with Crippen LogP contribution in [0.2, 0.25) is 0 Å². The highest BCUT2D eigenvalue weighted by molar-refractivity contribution is 7.89. The molecule has 1 saturated heterocycles. The summed E-state index contributed by atoms with van der Waals surface area (Å²) >= 11 is 0. The number of hydrogen-bond acceptors (Lipinski definition) is 8. The molecule has 1 fully saturated rings. The Morgan fingerprint density at radius 3 is 2.70 bits per heavy atom. The fraction of sp³-hybridized carbons (Fsp3) is 0.522. The summed E-state index contributed by atoms with van der Waals surface area (Å²) in [6.07, 6.45) is 5.62. The number of sulfonamides is 1. The number of amidine groups is 1. The van der Waals surface area contributed by atoms with Crippen molar-refractivity contribution in [1.29, 1.82) is 0 Å². The van der Waals surface area contributed by atoms with Crippen LogP contribution in [0.5, 0.6) is 5.75 Å². The largest absolute Gasteiger partial charge is 0.493 e. The fourth-order valence-corrected chi connectivity index (χ4v) is 5.45. The number of rotatable bonds is 9. The van der Waals surface area contributed by atoms with Crippen LogP contribution in [0.15, 0.2) is 51.4 Å². The maximum Gasteiger partial charge on any atom is 0.243 e. The van der Waals surface area contributed by atoms with E-state index in [4.69, 9.17) is 9.47 Å². The van der Waals surface area contributed by atoms with Crippen molar-refractivity contribution in [3.8, 4) is 5.75 Å². The number of likely N-dealkylation sites (N-methyl/N-ethyl adjacent to an activating group) is 1. The van der Waals surface area contributed by atoms with Gasteiger partial charge in [-0.2, -0.15) is 4.31 Å². The number of benzene rings is 1. The standard InChI is InChI=1S/C23H33N5O4S/c1-4-6-12-32-21-9-8-17(33(29,30)28-10-13-31-14-11-28)15-18(21)23-24-16-20-22(25-23)19(7-5-2)26-27(20)3/h8-9,15-16,26H,4-7,10-14H2,1-3H3,(H,24,25). The third-order valence-electron chi connectivity index (χ3n) is 5.85. The number of hydrazine groups is 1. The second-order valence-electron chi connectivity index (χ2n) is 8.27. The minimum atomic E-state index is -3.64. The SMILES string of the molecule is CCCCOc1ccc(S(=O)(=O)N2CCOCC2)cc1C1=NC=C2C(=C(CCC)NN2C)N1. The van der Waals surface area contributed by atoms with E-state index in [1.165, 1.54) is 4.31 Å². The highest BCUT2D eigenvalue weighted by Gasteiger charge is 2.31. The maximum atomic E-state index is 13.3. The molecule has 0 saturated carbocycles. The fourth-order valence-electron chi connectivity index (χ4n) is 4.02. The van der Waals surface area contributed by atoms with Crippen LogP contribution in [0.25, 0.3) is 0 Å². The van der Waals surface area contributed by atoms with Gasteiger partial charge in [0.15, 0.2) is 0 Å². The number of nitrogens with zero attached hydrogens (tertiary/aromatic N) is 3. The lowest BCUT2D eigenvalue weighted by Gasteiger charge is -2.26. The van der Waals surface area contributed by atoms with Gasteiger partial charge in [0.05, 0.1) is 47.9 Å². The monoisotopic (exact) mass is 475 g/mol. The van der Waals surface area contributed by atoms with Crippen molar-refractivity contribution in [3.05, 3.63) is 47.1 Å². The number of hydrogen-bond donors (Lipinski definition) is 2. The van der Waals surface area contributed by atoms with Gasteiger partial charge in [0.25, 0.3) is 0 Å². The zero-order valence-corrected chi connectivity index (χ0v) is 20.4. The molecule has 3 aliphatic heterocycles. The third-order valence-corrected chi connectivity index (χ3v) is 7.75. The lowest BCUT2D eigenvalue weighted by molar-refractivity contribution is 0.0730. The molecule has 1 aromatic carbocycles. The molecule has 0 atom stereocenters. The van der Waals surface area contributed by atoms with E-state index in [-0.39, 0.29) is 4.90 Å². The molecule has 0 bridgehead atoms. The molecule has 9 nitrogen and oxygen atoms in total. The molecular formula is C23H33N5O4S. The van der Waals surface area contributed by atoms with Crippen molar-refractivity contribution in [2.24, 2.45) is 4.99 Å². The van der Waals surface area contributed by atoms with E-state index >= 15 is 0 Å². The second kappa shape index (κ2) is 10.1. The van der Waals surface area contributed by atoms with Crippen molar-refractivity contribution in [2.45, 2.75) is 44.4 Å². The van der Waals surface area contributed by atoms with Crippen molar-refractivity contribution in [1.82, 2.24) is 20.1 Å². The molecule has 0 unspecified atom stereocenters. The lowest BCUT2D eigenvalue weighted by Crippen LogP contribution is -2.40. The summed E-state index contributed by atoms with van der Waals surface area (Å²) in [6.45, 7) is 6.30. The predicted octanol–water partition coefficient (Wildman–Crippen LogP) is 2.54. The van der Waals surface area contributed by atoms with Gasteiger partial charge in [-0.05, 0) is 31.0 Å². The van der Waals surface area contributed by atoms with Crippen LogP contribution in [0.3, 0.4) is 0 Å². The summed E-state index contributed by atoms with van der Waals surface area (Å²) < 4.78 is 39.4. The Hall–Kier alpha value is -2.56. The summed E-state index contributed by atoms with van der Waals surface area (Å²) in [6, 6.07) is 5.03. The van der Waals surface area contributed by atoms with E-state index in [0.717, 1.165) is 42.8 Å². The van der Waals surface area contributed by atoms with Gasteiger partial charge >= 0.3 is 0 Å². The zero-order valence-electron chi connectivity index (χ0n) is 19.6. The molecule has 33 heavy (non-hydrogen) atoms. The van der Waals surface area contributed by atoms with Crippen molar-refractivity contribution in [2.75, 3.05) is 40.0 Å². The van der Waals surface area contributed by atoms with Gasteiger partial charge in [0.2, 0.25) is 10.0 Å². The van der Waals surface area contributed by atoms with E-state index in [9.17, 15) is 8.42 Å². The molecule has 10 heteroatoms. The number of aliphatic imine (C=N–C) groups is 1. The second-order valence-corrected chi connectivity index (χ2v) is 10.2. The zero-order chi connectivity index (χ0) is 23.4. The highest BCUT2D eigenvalue weighted by atomic mass is 32.2. The first-order valence-corrected chi connectivity index (χ1v) is 13.0.